The predicted octanol–water partition coefficient (Wildman–Crippen LogP) is 9.68. The molecule has 17 heteroatoms. The van der Waals surface area contributed by atoms with Gasteiger partial charge >= 0.3 is 21.5 Å². The molecule has 3 aromatic carbocycles. The molecular weight excluding hydrogens is 853 g/mol. The van der Waals surface area contributed by atoms with E-state index in [1.54, 1.807) is 62.7 Å². The summed E-state index contributed by atoms with van der Waals surface area (Å²) in [6, 6.07) is 20.9. The highest BCUT2D eigenvalue weighted by Crippen LogP contribution is 2.55. The van der Waals surface area contributed by atoms with E-state index in [9.17, 15) is 23.4 Å². The Hall–Kier alpha value is -3.80. The second-order valence-electron chi connectivity index (χ2n) is 15.2. The lowest BCUT2D eigenvalue weighted by Crippen LogP contribution is -2.44. The van der Waals surface area contributed by atoms with E-state index < -0.39 is 27.1 Å². The van der Waals surface area contributed by atoms with Crippen LogP contribution in [0.25, 0.3) is 0 Å². The quantitative estimate of drug-likeness (QED) is 0.0690. The average molecular weight is 917 g/mol. The molecule has 6 rings (SSSR count). The van der Waals surface area contributed by atoms with Gasteiger partial charge in [-0.1, -0.05) is 68.7 Å². The second-order valence-corrected chi connectivity index (χ2v) is 19.2. The highest BCUT2D eigenvalue weighted by Gasteiger charge is 2.47. The van der Waals surface area contributed by atoms with Crippen LogP contribution in [0.15, 0.2) is 72.8 Å². The van der Waals surface area contributed by atoms with Crippen LogP contribution in [0.1, 0.15) is 90.2 Å². The molecule has 0 spiro atoms. The van der Waals surface area contributed by atoms with Gasteiger partial charge in [-0.2, -0.15) is 4.67 Å². The molecule has 2 heterocycles. The fraction of sp³-hybridized carbons (Fsp3) is 0.543. The zero-order chi connectivity index (χ0) is 45.3. The Morgan fingerprint density at radius 1 is 0.857 bits per heavy atom. The number of carbonyl (C=O) groups is 1. The topological polar surface area (TPSA) is 152 Å². The number of halogens is 1. The fourth-order valence-corrected chi connectivity index (χ4v) is 11.6. The minimum absolute atomic E-state index is 0.00567. The molecule has 1 N–H and O–H groups in total. The van der Waals surface area contributed by atoms with Crippen LogP contribution in [0.3, 0.4) is 0 Å². The zero-order valence-electron chi connectivity index (χ0n) is 37.1. The highest BCUT2D eigenvalue weighted by molar-refractivity contribution is 7.51. The van der Waals surface area contributed by atoms with Gasteiger partial charge in [-0.05, 0) is 94.2 Å². The summed E-state index contributed by atoms with van der Waals surface area (Å²) in [6.45, 7) is 12.0. The molecule has 3 aliphatic rings. The monoisotopic (exact) mass is 916 g/mol. The van der Waals surface area contributed by atoms with Crippen LogP contribution in [0.4, 0.5) is 4.39 Å². The molecule has 63 heavy (non-hydrogen) atoms. The van der Waals surface area contributed by atoms with Gasteiger partial charge in [0.15, 0.2) is 17.1 Å². The number of carbonyl (C=O) groups excluding carboxylic acids is 1. The van der Waals surface area contributed by atoms with Crippen LogP contribution in [-0.4, -0.2) is 86.4 Å². The van der Waals surface area contributed by atoms with Gasteiger partial charge in [0.1, 0.15) is 17.7 Å². The van der Waals surface area contributed by atoms with E-state index in [4.69, 9.17) is 37.0 Å². The number of rotatable bonds is 19. The number of aliphatic hydroxyl groups is 1. The maximum atomic E-state index is 13.5. The SMILES string of the molecule is CCOP(=O)(OCC)N(CC)CC#COC(=O)C(O)(c1ccccc1)C1CCCCC1.CCOP(=O)(OCC)N1CCC(c2ccc(F)cc2)C(COc2ccc3c(c2)OCO3)C1. The summed E-state index contributed by atoms with van der Waals surface area (Å²) >= 11 is 0. The lowest BCUT2D eigenvalue weighted by molar-refractivity contribution is -0.168. The minimum atomic E-state index is -3.45. The number of piperidine rings is 1. The van der Waals surface area contributed by atoms with Crippen LogP contribution in [0.5, 0.6) is 17.2 Å². The van der Waals surface area contributed by atoms with Gasteiger partial charge in [-0.3, -0.25) is 18.1 Å². The molecule has 3 aromatic rings. The first-order chi connectivity index (χ1) is 30.4. The van der Waals surface area contributed by atoms with Gasteiger partial charge in [0.2, 0.25) is 6.79 Å². The van der Waals surface area contributed by atoms with Crippen molar-refractivity contribution in [3.05, 3.63) is 89.7 Å². The number of benzene rings is 3. The van der Waals surface area contributed by atoms with E-state index in [-0.39, 0.29) is 50.1 Å². The van der Waals surface area contributed by atoms with Crippen LogP contribution in [-0.2, 0) is 42.4 Å². The Morgan fingerprint density at radius 3 is 2.14 bits per heavy atom. The number of hydrogen-bond donors (Lipinski definition) is 1. The van der Waals surface area contributed by atoms with Gasteiger partial charge in [0.05, 0.1) is 39.6 Å². The van der Waals surface area contributed by atoms with Crippen molar-refractivity contribution in [3.63, 3.8) is 0 Å². The van der Waals surface area contributed by atoms with E-state index in [1.165, 1.54) is 16.8 Å². The summed E-state index contributed by atoms with van der Waals surface area (Å²) in [5.41, 5.74) is -0.193. The first-order valence-electron chi connectivity index (χ1n) is 22.0. The van der Waals surface area contributed by atoms with Gasteiger partial charge in [0.25, 0.3) is 0 Å². The summed E-state index contributed by atoms with van der Waals surface area (Å²) in [4.78, 5) is 13.0. The second kappa shape index (κ2) is 24.5. The maximum absolute atomic E-state index is 13.5. The van der Waals surface area contributed by atoms with Gasteiger partial charge in [-0.25, -0.2) is 23.0 Å². The third kappa shape index (κ3) is 13.2. The maximum Gasteiger partial charge on any atom is 0.408 e. The van der Waals surface area contributed by atoms with E-state index in [0.29, 0.717) is 62.3 Å². The Labute approximate surface area is 371 Å². The van der Waals surface area contributed by atoms with Crippen molar-refractivity contribution in [3.8, 4) is 29.3 Å². The molecule has 0 aromatic heterocycles. The molecule has 3 atom stereocenters. The predicted molar refractivity (Wildman–Crippen MR) is 237 cm³/mol. The molecule has 2 fully saturated rings. The molecule has 0 bridgehead atoms. The molecule has 3 unspecified atom stereocenters. The molecular formula is C46H63FN2O12P2. The summed E-state index contributed by atoms with van der Waals surface area (Å²) in [6.07, 6.45) is 7.65. The molecule has 1 saturated carbocycles. The van der Waals surface area contributed by atoms with Gasteiger partial charge < -0.3 is 24.1 Å². The van der Waals surface area contributed by atoms with Crippen LogP contribution >= 0.6 is 15.5 Å². The molecule has 1 aliphatic carbocycles. The number of hydrogen-bond acceptors (Lipinski definition) is 12. The third-order valence-electron chi connectivity index (χ3n) is 11.2. The molecule has 0 amide bonds. The zero-order valence-corrected chi connectivity index (χ0v) is 38.9. The summed E-state index contributed by atoms with van der Waals surface area (Å²) in [5.74, 6) is 3.57. The summed E-state index contributed by atoms with van der Waals surface area (Å²) < 4.78 is 86.9. The Kier molecular flexibility index (Phi) is 19.5. The first kappa shape index (κ1) is 50.2. The highest BCUT2D eigenvalue weighted by atomic mass is 31.2. The smallest absolute Gasteiger partial charge is 0.408 e. The number of ether oxygens (including phenoxy) is 4. The Morgan fingerprint density at radius 2 is 1.51 bits per heavy atom. The average Bonchev–Trinajstić information content (AvgIpc) is 3.77. The molecule has 14 nitrogen and oxygen atoms in total. The van der Waals surface area contributed by atoms with Crippen molar-refractivity contribution in [2.24, 2.45) is 11.8 Å². The van der Waals surface area contributed by atoms with Gasteiger partial charge in [0, 0.05) is 37.5 Å². The van der Waals surface area contributed by atoms with Gasteiger partial charge in [-0.15, -0.1) is 0 Å². The molecule has 0 radical (unpaired) electrons. The Bertz CT molecular complexity index is 2030. The minimum Gasteiger partial charge on any atom is -0.493 e. The lowest BCUT2D eigenvalue weighted by Gasteiger charge is -2.40. The van der Waals surface area contributed by atoms with Crippen molar-refractivity contribution >= 4 is 21.5 Å². The molecule has 1 saturated heterocycles. The normalized spacial score (nSPS) is 19.0. The van der Waals surface area contributed by atoms with Crippen molar-refractivity contribution < 1.29 is 60.5 Å². The van der Waals surface area contributed by atoms with Crippen molar-refractivity contribution in [1.82, 2.24) is 9.34 Å². The first-order valence-corrected chi connectivity index (χ1v) is 25.0. The Balaban J connectivity index is 0.000000238. The fourth-order valence-electron chi connectivity index (χ4n) is 8.17. The number of fused-ring (bicyclic) bond motifs is 1. The number of esters is 1. The summed E-state index contributed by atoms with van der Waals surface area (Å²) in [5, 5.41) is 11.5. The molecule has 346 valence electrons. The van der Waals surface area contributed by atoms with E-state index in [1.807, 2.05) is 37.3 Å². The number of nitrogens with zero attached hydrogens (tertiary/aromatic N) is 2. The van der Waals surface area contributed by atoms with Crippen molar-refractivity contribution in [2.45, 2.75) is 84.7 Å². The van der Waals surface area contributed by atoms with E-state index >= 15 is 0 Å². The largest absolute Gasteiger partial charge is 0.493 e. The van der Waals surface area contributed by atoms with Crippen molar-refractivity contribution in [2.75, 3.05) is 66.0 Å². The summed E-state index contributed by atoms with van der Waals surface area (Å²) in [7, 11) is -6.84. The standard InChI is InChI=1S/C23H29FNO6P.C23H34NO6P/c1-3-30-32(26,31-4-2)25-12-11-21(17-5-7-19(24)8-6-17)18(14-25)15-27-20-9-10-22-23(13-20)29-16-28-22;1-4-24(31(27,29-5-2)30-6-3)18-13-19-28-22(25)23(26,20-14-9-7-10-15-20)21-16-11-8-12-17-21/h5-10,13,18,21H,3-4,11-12,14-16H2,1-2H3;7,9-10,14-15,21,26H,4-6,8,11-12,16-18H2,1-3H3. The third-order valence-corrected chi connectivity index (χ3v) is 15.8. The lowest BCUT2D eigenvalue weighted by atomic mass is 9.73. The molecule has 2 aliphatic heterocycles. The van der Waals surface area contributed by atoms with Crippen LogP contribution < -0.4 is 14.2 Å². The van der Waals surface area contributed by atoms with Crippen molar-refractivity contribution in [1.29, 1.82) is 0 Å². The van der Waals surface area contributed by atoms with E-state index in [0.717, 1.165) is 44.1 Å². The van der Waals surface area contributed by atoms with Crippen LogP contribution in [0.2, 0.25) is 0 Å². The van der Waals surface area contributed by atoms with Crippen LogP contribution in [0, 0.1) is 29.7 Å². The van der Waals surface area contributed by atoms with E-state index in [2.05, 4.69) is 12.0 Å².